The first kappa shape index (κ1) is 13.1. The molecule has 2 atom stereocenters. The highest BCUT2D eigenvalue weighted by Crippen LogP contribution is 2.32. The lowest BCUT2D eigenvalue weighted by Crippen LogP contribution is -2.16. The molecule has 0 amide bonds. The van der Waals surface area contributed by atoms with Gasteiger partial charge in [-0.05, 0) is 24.3 Å². The molecule has 0 radical (unpaired) electrons. The Bertz CT molecular complexity index is 451. The molecule has 0 spiro atoms. The van der Waals surface area contributed by atoms with E-state index in [2.05, 4.69) is 12.2 Å². The maximum Gasteiger partial charge on any atom is 0.271 e. The zero-order chi connectivity index (χ0) is 13.1. The highest BCUT2D eigenvalue weighted by molar-refractivity contribution is 6.33. The molecule has 1 aromatic rings. The predicted octanol–water partition coefficient (Wildman–Crippen LogP) is 4.10. The largest absolute Gasteiger partial charge is 0.384 e. The van der Waals surface area contributed by atoms with Crippen molar-refractivity contribution in [2.24, 2.45) is 11.8 Å². The van der Waals surface area contributed by atoms with Gasteiger partial charge >= 0.3 is 0 Å². The van der Waals surface area contributed by atoms with Crippen molar-refractivity contribution in [1.29, 1.82) is 0 Å². The zero-order valence-electron chi connectivity index (χ0n) is 10.4. The van der Waals surface area contributed by atoms with Gasteiger partial charge in [0.1, 0.15) is 0 Å². The molecule has 1 fully saturated rings. The number of non-ortho nitro benzene ring substituents is 1. The van der Waals surface area contributed by atoms with Crippen molar-refractivity contribution in [3.05, 3.63) is 33.3 Å². The van der Waals surface area contributed by atoms with Gasteiger partial charge in [-0.2, -0.15) is 0 Å². The Morgan fingerprint density at radius 2 is 2.28 bits per heavy atom. The quantitative estimate of drug-likeness (QED) is 0.661. The summed E-state index contributed by atoms with van der Waals surface area (Å²) in [6.45, 7) is 3.16. The van der Waals surface area contributed by atoms with E-state index in [9.17, 15) is 10.1 Å². The van der Waals surface area contributed by atoms with Crippen molar-refractivity contribution in [3.8, 4) is 0 Å². The fourth-order valence-electron chi connectivity index (χ4n) is 2.53. The number of nitro groups is 1. The Balaban J connectivity index is 1.99. The van der Waals surface area contributed by atoms with E-state index < -0.39 is 4.92 Å². The van der Waals surface area contributed by atoms with E-state index in [1.807, 2.05) is 0 Å². The summed E-state index contributed by atoms with van der Waals surface area (Å²) in [5.74, 6) is 1.42. The van der Waals surface area contributed by atoms with Gasteiger partial charge in [-0.15, -0.1) is 0 Å². The van der Waals surface area contributed by atoms with Gasteiger partial charge in [-0.25, -0.2) is 0 Å². The summed E-state index contributed by atoms with van der Waals surface area (Å²) < 4.78 is 0. The maximum absolute atomic E-state index is 10.6. The Labute approximate surface area is 111 Å². The number of hydrogen-bond acceptors (Lipinski definition) is 3. The van der Waals surface area contributed by atoms with Crippen molar-refractivity contribution in [2.75, 3.05) is 11.9 Å². The molecule has 1 aliphatic carbocycles. The molecule has 2 rings (SSSR count). The third kappa shape index (κ3) is 2.93. The van der Waals surface area contributed by atoms with Crippen LogP contribution < -0.4 is 5.32 Å². The van der Waals surface area contributed by atoms with Crippen molar-refractivity contribution in [1.82, 2.24) is 0 Å². The van der Waals surface area contributed by atoms with Crippen molar-refractivity contribution >= 4 is 23.0 Å². The molecule has 0 saturated heterocycles. The first-order valence-electron chi connectivity index (χ1n) is 6.25. The molecule has 2 unspecified atom stereocenters. The normalized spacial score (nSPS) is 23.0. The minimum absolute atomic E-state index is 0.0276. The lowest BCUT2D eigenvalue weighted by atomic mass is 9.98. The van der Waals surface area contributed by atoms with Crippen LogP contribution in [-0.4, -0.2) is 11.5 Å². The molecule has 98 valence electrons. The van der Waals surface area contributed by atoms with Gasteiger partial charge in [0.2, 0.25) is 0 Å². The Kier molecular flexibility index (Phi) is 4.07. The van der Waals surface area contributed by atoms with E-state index in [0.29, 0.717) is 10.9 Å². The molecule has 0 aliphatic heterocycles. The smallest absolute Gasteiger partial charge is 0.271 e. The van der Waals surface area contributed by atoms with Gasteiger partial charge in [0.25, 0.3) is 5.69 Å². The highest BCUT2D eigenvalue weighted by atomic mass is 35.5. The molecule has 0 bridgehead atoms. The van der Waals surface area contributed by atoms with Gasteiger partial charge in [0, 0.05) is 18.7 Å². The average Bonchev–Trinajstić information content (AvgIpc) is 2.73. The van der Waals surface area contributed by atoms with Crippen molar-refractivity contribution in [2.45, 2.75) is 26.2 Å². The fourth-order valence-corrected chi connectivity index (χ4v) is 2.77. The highest BCUT2D eigenvalue weighted by Gasteiger charge is 2.23. The number of nitrogens with one attached hydrogen (secondary N) is 1. The first-order valence-corrected chi connectivity index (χ1v) is 6.63. The predicted molar refractivity (Wildman–Crippen MR) is 73.1 cm³/mol. The van der Waals surface area contributed by atoms with E-state index in [-0.39, 0.29) is 5.69 Å². The number of halogens is 1. The van der Waals surface area contributed by atoms with Crippen LogP contribution >= 0.6 is 11.6 Å². The molecule has 1 aromatic carbocycles. The zero-order valence-corrected chi connectivity index (χ0v) is 11.1. The van der Waals surface area contributed by atoms with Crippen LogP contribution in [0, 0.1) is 22.0 Å². The summed E-state index contributed by atoms with van der Waals surface area (Å²) in [5, 5.41) is 14.3. The second kappa shape index (κ2) is 5.57. The summed E-state index contributed by atoms with van der Waals surface area (Å²) >= 11 is 6.03. The molecule has 18 heavy (non-hydrogen) atoms. The van der Waals surface area contributed by atoms with Gasteiger partial charge in [0.05, 0.1) is 15.6 Å². The molecule has 1 saturated carbocycles. The third-order valence-electron chi connectivity index (χ3n) is 3.76. The molecular weight excluding hydrogens is 252 g/mol. The number of nitro benzene ring substituents is 1. The third-order valence-corrected chi connectivity index (χ3v) is 4.07. The minimum atomic E-state index is -0.436. The van der Waals surface area contributed by atoms with Crippen LogP contribution in [0.5, 0.6) is 0 Å². The van der Waals surface area contributed by atoms with Gasteiger partial charge < -0.3 is 5.32 Å². The summed E-state index contributed by atoms with van der Waals surface area (Å²) in [4.78, 5) is 10.2. The maximum atomic E-state index is 10.6. The average molecular weight is 269 g/mol. The molecular formula is C13H17ClN2O2. The molecule has 5 heteroatoms. The standard InChI is InChI=1S/C13H17ClN2O2/c1-9-3-2-4-10(9)8-15-13-6-5-11(16(17)18)7-12(13)14/h5-7,9-10,15H,2-4,8H2,1H3. The number of hydrogen-bond donors (Lipinski definition) is 1. The topological polar surface area (TPSA) is 55.2 Å². The summed E-state index contributed by atoms with van der Waals surface area (Å²) in [5.41, 5.74) is 0.807. The Hall–Kier alpha value is -1.29. The first-order chi connectivity index (χ1) is 8.58. The van der Waals surface area contributed by atoms with E-state index >= 15 is 0 Å². The SMILES string of the molecule is CC1CCCC1CNc1ccc([N+](=O)[O-])cc1Cl. The lowest BCUT2D eigenvalue weighted by Gasteiger charge is -2.17. The van der Waals surface area contributed by atoms with E-state index in [4.69, 9.17) is 11.6 Å². The Morgan fingerprint density at radius 3 is 2.83 bits per heavy atom. The molecule has 0 aromatic heterocycles. The second-order valence-corrected chi connectivity index (χ2v) is 5.38. The van der Waals surface area contributed by atoms with Gasteiger partial charge in [-0.3, -0.25) is 10.1 Å². The second-order valence-electron chi connectivity index (χ2n) is 4.97. The number of anilines is 1. The number of nitrogens with zero attached hydrogens (tertiary/aromatic N) is 1. The molecule has 1 N–H and O–H groups in total. The number of benzene rings is 1. The number of rotatable bonds is 4. The monoisotopic (exact) mass is 268 g/mol. The van der Waals surface area contributed by atoms with Gasteiger partial charge in [-0.1, -0.05) is 31.4 Å². The summed E-state index contributed by atoms with van der Waals surface area (Å²) in [6.07, 6.45) is 3.83. The van der Waals surface area contributed by atoms with Crippen LogP contribution in [0.1, 0.15) is 26.2 Å². The summed E-state index contributed by atoms with van der Waals surface area (Å²) in [7, 11) is 0. The lowest BCUT2D eigenvalue weighted by molar-refractivity contribution is -0.384. The van der Waals surface area contributed by atoms with Crippen molar-refractivity contribution in [3.63, 3.8) is 0 Å². The van der Waals surface area contributed by atoms with Crippen LogP contribution in [0.15, 0.2) is 18.2 Å². The van der Waals surface area contributed by atoms with E-state index in [1.165, 1.54) is 31.4 Å². The van der Waals surface area contributed by atoms with Crippen LogP contribution in [0.2, 0.25) is 5.02 Å². The van der Waals surface area contributed by atoms with E-state index in [0.717, 1.165) is 18.2 Å². The minimum Gasteiger partial charge on any atom is -0.384 e. The molecule has 0 heterocycles. The Morgan fingerprint density at radius 1 is 1.50 bits per heavy atom. The molecule has 1 aliphatic rings. The van der Waals surface area contributed by atoms with Crippen molar-refractivity contribution < 1.29 is 4.92 Å². The van der Waals surface area contributed by atoms with Crippen LogP contribution in [0.3, 0.4) is 0 Å². The van der Waals surface area contributed by atoms with Crippen LogP contribution in [-0.2, 0) is 0 Å². The van der Waals surface area contributed by atoms with Crippen LogP contribution in [0.4, 0.5) is 11.4 Å². The van der Waals surface area contributed by atoms with Gasteiger partial charge in [0.15, 0.2) is 0 Å². The molecule has 4 nitrogen and oxygen atoms in total. The summed E-state index contributed by atoms with van der Waals surface area (Å²) in [6, 6.07) is 4.55. The fraction of sp³-hybridized carbons (Fsp3) is 0.538. The van der Waals surface area contributed by atoms with Crippen LogP contribution in [0.25, 0.3) is 0 Å². The van der Waals surface area contributed by atoms with E-state index in [1.54, 1.807) is 6.07 Å².